The average Bonchev–Trinajstić information content (AvgIpc) is 2.47. The molecule has 0 atom stereocenters. The number of hydrogen-bond donors (Lipinski definition) is 1. The molecule has 0 bridgehead atoms. The summed E-state index contributed by atoms with van der Waals surface area (Å²) < 4.78 is 4.92. The van der Waals surface area contributed by atoms with E-state index in [1.54, 1.807) is 48.5 Å². The van der Waals surface area contributed by atoms with Crippen LogP contribution in [-0.2, 0) is 0 Å². The van der Waals surface area contributed by atoms with E-state index in [1.807, 2.05) is 0 Å². The molecular formula is C15H9ClN2O3. The van der Waals surface area contributed by atoms with Gasteiger partial charge in [-0.05, 0) is 24.3 Å². The van der Waals surface area contributed by atoms with E-state index in [4.69, 9.17) is 16.3 Å². The van der Waals surface area contributed by atoms with Crippen molar-refractivity contribution in [2.75, 3.05) is 0 Å². The number of rotatable bonds is 2. The van der Waals surface area contributed by atoms with Crippen molar-refractivity contribution in [2.24, 2.45) is 0 Å². The molecule has 0 aliphatic rings. The monoisotopic (exact) mass is 300 g/mol. The predicted molar refractivity (Wildman–Crippen MR) is 79.7 cm³/mol. The van der Waals surface area contributed by atoms with Crippen molar-refractivity contribution in [1.29, 1.82) is 0 Å². The Morgan fingerprint density at radius 3 is 2.62 bits per heavy atom. The number of aromatic nitrogens is 2. The van der Waals surface area contributed by atoms with Gasteiger partial charge in [-0.3, -0.25) is 4.79 Å². The molecule has 5 nitrogen and oxygen atoms in total. The van der Waals surface area contributed by atoms with E-state index in [1.165, 1.54) is 0 Å². The zero-order valence-corrected chi connectivity index (χ0v) is 11.4. The second kappa shape index (κ2) is 5.38. The maximum Gasteiger partial charge on any atom is 0.409 e. The third-order valence-corrected chi connectivity index (χ3v) is 3.02. The molecule has 0 amide bonds. The van der Waals surface area contributed by atoms with Crippen LogP contribution >= 0.6 is 11.6 Å². The number of aromatic amines is 1. The Morgan fingerprint density at radius 1 is 1.10 bits per heavy atom. The molecule has 0 aliphatic carbocycles. The number of H-pyrrole nitrogens is 1. The minimum atomic E-state index is -0.953. The SMILES string of the molecule is O=C(Cl)Oc1ccccc1-c1nc2ccccc2c(=O)[nH]1. The molecule has 0 saturated carbocycles. The van der Waals surface area contributed by atoms with Gasteiger partial charge in [-0.15, -0.1) is 0 Å². The molecule has 104 valence electrons. The van der Waals surface area contributed by atoms with Crippen molar-refractivity contribution in [3.8, 4) is 17.1 Å². The highest BCUT2D eigenvalue weighted by atomic mass is 35.5. The van der Waals surface area contributed by atoms with Crippen molar-refractivity contribution in [1.82, 2.24) is 9.97 Å². The molecular weight excluding hydrogens is 292 g/mol. The van der Waals surface area contributed by atoms with Crippen LogP contribution in [0.4, 0.5) is 4.79 Å². The molecule has 0 radical (unpaired) electrons. The van der Waals surface area contributed by atoms with Gasteiger partial charge in [-0.1, -0.05) is 24.3 Å². The Balaban J connectivity index is 2.21. The smallest absolute Gasteiger partial charge is 0.409 e. The first-order chi connectivity index (χ1) is 10.1. The lowest BCUT2D eigenvalue weighted by molar-refractivity contribution is 0.226. The van der Waals surface area contributed by atoms with Crippen LogP contribution in [0.3, 0.4) is 0 Å². The summed E-state index contributed by atoms with van der Waals surface area (Å²) in [6.45, 7) is 0. The molecule has 1 N–H and O–H groups in total. The largest absolute Gasteiger partial charge is 0.414 e. The number of carbonyl (C=O) groups is 1. The molecule has 1 heterocycles. The van der Waals surface area contributed by atoms with Crippen molar-refractivity contribution in [3.63, 3.8) is 0 Å². The van der Waals surface area contributed by atoms with Crippen LogP contribution in [0, 0.1) is 0 Å². The number of hydrogen-bond acceptors (Lipinski definition) is 4. The minimum Gasteiger partial charge on any atom is -0.414 e. The van der Waals surface area contributed by atoms with Gasteiger partial charge in [0.2, 0.25) is 0 Å². The number of halogens is 1. The molecule has 0 unspecified atom stereocenters. The van der Waals surface area contributed by atoms with Gasteiger partial charge in [0.05, 0.1) is 16.5 Å². The Labute approximate surface area is 124 Å². The summed E-state index contributed by atoms with van der Waals surface area (Å²) in [7, 11) is 0. The molecule has 2 aromatic carbocycles. The average molecular weight is 301 g/mol. The van der Waals surface area contributed by atoms with Crippen LogP contribution in [0.25, 0.3) is 22.3 Å². The standard InChI is InChI=1S/C15H9ClN2O3/c16-15(20)21-12-8-4-2-6-10(12)13-17-11-7-3-1-5-9(11)14(19)18-13/h1-8H,(H,17,18,19). The first-order valence-electron chi connectivity index (χ1n) is 6.11. The first-order valence-corrected chi connectivity index (χ1v) is 6.49. The number of nitrogens with zero attached hydrogens (tertiary/aromatic N) is 1. The molecule has 0 aliphatic heterocycles. The summed E-state index contributed by atoms with van der Waals surface area (Å²) in [5.74, 6) is 0.545. The van der Waals surface area contributed by atoms with Crippen LogP contribution in [0.15, 0.2) is 53.3 Å². The van der Waals surface area contributed by atoms with Crippen LogP contribution in [0.2, 0.25) is 0 Å². The second-order valence-corrected chi connectivity index (χ2v) is 4.58. The Morgan fingerprint density at radius 2 is 1.81 bits per heavy atom. The summed E-state index contributed by atoms with van der Waals surface area (Å²) in [4.78, 5) is 30.1. The van der Waals surface area contributed by atoms with Crippen molar-refractivity contribution < 1.29 is 9.53 Å². The minimum absolute atomic E-state index is 0.232. The lowest BCUT2D eigenvalue weighted by Gasteiger charge is -2.08. The van der Waals surface area contributed by atoms with E-state index in [0.29, 0.717) is 22.3 Å². The molecule has 1 aromatic heterocycles. The maximum atomic E-state index is 12.1. The number of ether oxygens (including phenoxy) is 1. The van der Waals surface area contributed by atoms with Gasteiger partial charge in [0, 0.05) is 11.6 Å². The molecule has 21 heavy (non-hydrogen) atoms. The molecule has 3 aromatic rings. The van der Waals surface area contributed by atoms with Crippen LogP contribution in [0.5, 0.6) is 5.75 Å². The normalized spacial score (nSPS) is 10.5. The fraction of sp³-hybridized carbons (Fsp3) is 0. The fourth-order valence-electron chi connectivity index (χ4n) is 2.05. The lowest BCUT2D eigenvalue weighted by Crippen LogP contribution is -2.10. The van der Waals surface area contributed by atoms with E-state index in [-0.39, 0.29) is 11.3 Å². The third kappa shape index (κ3) is 2.64. The van der Waals surface area contributed by atoms with E-state index >= 15 is 0 Å². The highest BCUT2D eigenvalue weighted by molar-refractivity contribution is 6.61. The Kier molecular flexibility index (Phi) is 3.41. The molecule has 6 heteroatoms. The quantitative estimate of drug-likeness (QED) is 0.737. The topological polar surface area (TPSA) is 72.0 Å². The second-order valence-electron chi connectivity index (χ2n) is 4.27. The van der Waals surface area contributed by atoms with Gasteiger partial charge in [0.1, 0.15) is 11.6 Å². The summed E-state index contributed by atoms with van der Waals surface area (Å²) >= 11 is 5.24. The van der Waals surface area contributed by atoms with E-state index < -0.39 is 5.43 Å². The zero-order chi connectivity index (χ0) is 14.8. The number of benzene rings is 2. The van der Waals surface area contributed by atoms with Crippen LogP contribution < -0.4 is 10.3 Å². The number of carbonyl (C=O) groups excluding carboxylic acids is 1. The van der Waals surface area contributed by atoms with Gasteiger partial charge >= 0.3 is 5.43 Å². The van der Waals surface area contributed by atoms with Gasteiger partial charge in [-0.25, -0.2) is 9.78 Å². The van der Waals surface area contributed by atoms with Crippen molar-refractivity contribution in [2.45, 2.75) is 0 Å². The van der Waals surface area contributed by atoms with E-state index in [0.717, 1.165) is 0 Å². The number of nitrogens with one attached hydrogen (secondary N) is 1. The molecule has 0 saturated heterocycles. The van der Waals surface area contributed by atoms with E-state index in [9.17, 15) is 9.59 Å². The summed E-state index contributed by atoms with van der Waals surface area (Å²) in [5.41, 5.74) is -0.175. The molecule has 0 spiro atoms. The molecule has 0 fully saturated rings. The van der Waals surface area contributed by atoms with Gasteiger partial charge in [-0.2, -0.15) is 0 Å². The number of para-hydroxylation sites is 2. The van der Waals surface area contributed by atoms with Gasteiger partial charge in [0.25, 0.3) is 5.56 Å². The highest BCUT2D eigenvalue weighted by Crippen LogP contribution is 2.27. The summed E-state index contributed by atoms with van der Waals surface area (Å²) in [6.07, 6.45) is 0. The predicted octanol–water partition coefficient (Wildman–Crippen LogP) is 3.33. The fourth-order valence-corrected chi connectivity index (χ4v) is 2.13. The summed E-state index contributed by atoms with van der Waals surface area (Å²) in [6, 6.07) is 13.7. The lowest BCUT2D eigenvalue weighted by atomic mass is 10.1. The highest BCUT2D eigenvalue weighted by Gasteiger charge is 2.12. The number of fused-ring (bicyclic) bond motifs is 1. The Bertz CT molecular complexity index is 889. The van der Waals surface area contributed by atoms with Crippen LogP contribution in [-0.4, -0.2) is 15.4 Å². The summed E-state index contributed by atoms with van der Waals surface area (Å²) in [5, 5.41) is 0.494. The van der Waals surface area contributed by atoms with Crippen molar-refractivity contribution >= 4 is 27.9 Å². The van der Waals surface area contributed by atoms with E-state index in [2.05, 4.69) is 9.97 Å². The zero-order valence-electron chi connectivity index (χ0n) is 10.7. The van der Waals surface area contributed by atoms with Gasteiger partial charge in [0.15, 0.2) is 0 Å². The third-order valence-electron chi connectivity index (χ3n) is 2.95. The Hall–Kier alpha value is -2.66. The van der Waals surface area contributed by atoms with Gasteiger partial charge < -0.3 is 9.72 Å². The van der Waals surface area contributed by atoms with Crippen molar-refractivity contribution in [3.05, 3.63) is 58.9 Å². The first kappa shape index (κ1) is 13.3. The molecule has 3 rings (SSSR count). The maximum absolute atomic E-state index is 12.1. The van der Waals surface area contributed by atoms with Crippen LogP contribution in [0.1, 0.15) is 0 Å².